The number of nitrogen functional groups attached to an aromatic ring is 1. The third-order valence-corrected chi connectivity index (χ3v) is 3.19. The highest BCUT2D eigenvalue weighted by molar-refractivity contribution is 5.94. The number of carboxylic acids is 1. The quantitative estimate of drug-likeness (QED) is 0.678. The Morgan fingerprint density at radius 3 is 2.95 bits per heavy atom. The molecule has 0 radical (unpaired) electrons. The maximum Gasteiger partial charge on any atom is 0.339 e. The summed E-state index contributed by atoms with van der Waals surface area (Å²) in [5.74, 6) is -0.712. The smallest absolute Gasteiger partial charge is 0.339 e. The second-order valence-electron chi connectivity index (χ2n) is 4.67. The van der Waals surface area contributed by atoms with E-state index >= 15 is 0 Å². The molecule has 1 aromatic heterocycles. The number of aromatic carboxylic acids is 1. The average molecular weight is 265 g/mol. The summed E-state index contributed by atoms with van der Waals surface area (Å²) in [5, 5.41) is 12.0. The first kappa shape index (κ1) is 13.6. The Morgan fingerprint density at radius 2 is 2.26 bits per heavy atom. The summed E-state index contributed by atoms with van der Waals surface area (Å²) in [6.07, 6.45) is 6.52. The van der Waals surface area contributed by atoms with Crippen LogP contribution in [0.15, 0.2) is 12.3 Å². The van der Waals surface area contributed by atoms with Crippen molar-refractivity contribution < 1.29 is 14.6 Å². The molecule has 0 aromatic carbocycles. The molecule has 0 unspecified atom stereocenters. The minimum absolute atomic E-state index is 0.0841. The van der Waals surface area contributed by atoms with Crippen LogP contribution in [0.5, 0.6) is 0 Å². The molecule has 0 atom stereocenters. The fraction of sp³-hybridized carbons (Fsp3) is 0.538. The molecule has 1 aliphatic rings. The number of carbonyl (C=O) groups is 1. The van der Waals surface area contributed by atoms with Crippen LogP contribution < -0.4 is 11.1 Å². The van der Waals surface area contributed by atoms with Gasteiger partial charge in [-0.1, -0.05) is 12.8 Å². The molecule has 1 heterocycles. The number of carboxylic acid groups (broad SMARTS) is 1. The van der Waals surface area contributed by atoms with Crippen molar-refractivity contribution in [1.29, 1.82) is 0 Å². The highest BCUT2D eigenvalue weighted by atomic mass is 16.5. The fourth-order valence-corrected chi connectivity index (χ4v) is 2.23. The van der Waals surface area contributed by atoms with Crippen LogP contribution in [0, 0.1) is 0 Å². The van der Waals surface area contributed by atoms with Crippen LogP contribution in [0.2, 0.25) is 0 Å². The topological polar surface area (TPSA) is 97.5 Å². The molecule has 0 bridgehead atoms. The predicted molar refractivity (Wildman–Crippen MR) is 72.3 cm³/mol. The molecule has 6 heteroatoms. The molecule has 0 spiro atoms. The Hall–Kier alpha value is -1.82. The summed E-state index contributed by atoms with van der Waals surface area (Å²) in [7, 11) is 0. The summed E-state index contributed by atoms with van der Waals surface area (Å²) in [4.78, 5) is 15.0. The van der Waals surface area contributed by atoms with Gasteiger partial charge in [-0.3, -0.25) is 0 Å². The van der Waals surface area contributed by atoms with Crippen LogP contribution in [-0.2, 0) is 4.74 Å². The van der Waals surface area contributed by atoms with Crippen molar-refractivity contribution in [3.63, 3.8) is 0 Å². The third kappa shape index (κ3) is 3.82. The van der Waals surface area contributed by atoms with Crippen molar-refractivity contribution in [2.75, 3.05) is 24.2 Å². The van der Waals surface area contributed by atoms with Crippen LogP contribution in [-0.4, -0.2) is 35.3 Å². The number of nitrogens with one attached hydrogen (secondary N) is 1. The number of hydrogen-bond acceptors (Lipinski definition) is 5. The van der Waals surface area contributed by atoms with Crippen molar-refractivity contribution in [1.82, 2.24) is 4.98 Å². The van der Waals surface area contributed by atoms with E-state index in [-0.39, 0.29) is 5.56 Å². The van der Waals surface area contributed by atoms with E-state index in [1.165, 1.54) is 25.1 Å². The molecule has 0 amide bonds. The average Bonchev–Trinajstić information content (AvgIpc) is 2.89. The van der Waals surface area contributed by atoms with Gasteiger partial charge in [-0.05, 0) is 18.9 Å². The molecular weight excluding hydrogens is 246 g/mol. The Labute approximate surface area is 112 Å². The fourth-order valence-electron chi connectivity index (χ4n) is 2.23. The number of aromatic nitrogens is 1. The van der Waals surface area contributed by atoms with E-state index in [1.54, 1.807) is 0 Å². The van der Waals surface area contributed by atoms with Gasteiger partial charge in [0.25, 0.3) is 0 Å². The number of rotatable bonds is 6. The molecule has 104 valence electrons. The van der Waals surface area contributed by atoms with E-state index in [1.807, 2.05) is 0 Å². The molecule has 0 saturated heterocycles. The van der Waals surface area contributed by atoms with Gasteiger partial charge in [0.2, 0.25) is 0 Å². The Kier molecular flexibility index (Phi) is 4.57. The number of pyridine rings is 1. The molecular formula is C13H19N3O3. The summed E-state index contributed by atoms with van der Waals surface area (Å²) in [6.45, 7) is 1.09. The molecule has 19 heavy (non-hydrogen) atoms. The molecule has 1 saturated carbocycles. The summed E-state index contributed by atoms with van der Waals surface area (Å²) in [6, 6.07) is 1.40. The lowest BCUT2D eigenvalue weighted by Gasteiger charge is -2.12. The van der Waals surface area contributed by atoms with E-state index in [4.69, 9.17) is 15.6 Å². The van der Waals surface area contributed by atoms with Gasteiger partial charge < -0.3 is 20.9 Å². The molecule has 0 aliphatic heterocycles. The Morgan fingerprint density at radius 1 is 1.53 bits per heavy atom. The SMILES string of the molecule is Nc1cnc(NCCOC2CCCC2)c(C(=O)O)c1. The Bertz CT molecular complexity index is 445. The zero-order valence-corrected chi connectivity index (χ0v) is 10.8. The number of hydrogen-bond donors (Lipinski definition) is 3. The molecule has 1 fully saturated rings. The zero-order valence-electron chi connectivity index (χ0n) is 10.8. The van der Waals surface area contributed by atoms with Crippen molar-refractivity contribution >= 4 is 17.5 Å². The number of anilines is 2. The molecule has 1 aliphatic carbocycles. The van der Waals surface area contributed by atoms with Crippen LogP contribution in [0.3, 0.4) is 0 Å². The van der Waals surface area contributed by atoms with Crippen molar-refractivity contribution in [2.45, 2.75) is 31.8 Å². The standard InChI is InChI=1S/C13H19N3O3/c14-9-7-11(13(17)18)12(16-8-9)15-5-6-19-10-3-1-2-4-10/h7-8,10H,1-6,14H2,(H,15,16)(H,17,18). The number of nitrogens with two attached hydrogens (primary N) is 1. The second kappa shape index (κ2) is 6.38. The molecule has 6 nitrogen and oxygen atoms in total. The molecule has 4 N–H and O–H groups in total. The number of ether oxygens (including phenoxy) is 1. The van der Waals surface area contributed by atoms with Gasteiger partial charge in [-0.2, -0.15) is 0 Å². The maximum atomic E-state index is 11.0. The monoisotopic (exact) mass is 265 g/mol. The van der Waals surface area contributed by atoms with Crippen LogP contribution in [0.4, 0.5) is 11.5 Å². The minimum atomic E-state index is -1.04. The lowest BCUT2D eigenvalue weighted by Crippen LogP contribution is -2.17. The summed E-state index contributed by atoms with van der Waals surface area (Å²) >= 11 is 0. The van der Waals surface area contributed by atoms with Gasteiger partial charge in [0.1, 0.15) is 11.4 Å². The van der Waals surface area contributed by atoms with E-state index in [0.717, 1.165) is 12.8 Å². The summed E-state index contributed by atoms with van der Waals surface area (Å²) in [5.41, 5.74) is 5.95. The summed E-state index contributed by atoms with van der Waals surface area (Å²) < 4.78 is 5.69. The van der Waals surface area contributed by atoms with Gasteiger partial charge in [0.05, 0.1) is 24.6 Å². The highest BCUT2D eigenvalue weighted by Gasteiger charge is 2.15. The van der Waals surface area contributed by atoms with Gasteiger partial charge in [0.15, 0.2) is 0 Å². The third-order valence-electron chi connectivity index (χ3n) is 3.19. The second-order valence-corrected chi connectivity index (χ2v) is 4.67. The normalized spacial score (nSPS) is 15.6. The van der Waals surface area contributed by atoms with Gasteiger partial charge >= 0.3 is 5.97 Å². The first-order valence-corrected chi connectivity index (χ1v) is 6.51. The largest absolute Gasteiger partial charge is 0.478 e. The van der Waals surface area contributed by atoms with Crippen molar-refractivity contribution in [2.24, 2.45) is 0 Å². The van der Waals surface area contributed by atoms with E-state index in [2.05, 4.69) is 10.3 Å². The minimum Gasteiger partial charge on any atom is -0.478 e. The maximum absolute atomic E-state index is 11.0. The van der Waals surface area contributed by atoms with Crippen LogP contribution in [0.1, 0.15) is 36.0 Å². The van der Waals surface area contributed by atoms with Gasteiger partial charge in [0, 0.05) is 6.54 Å². The zero-order chi connectivity index (χ0) is 13.7. The van der Waals surface area contributed by atoms with Gasteiger partial charge in [-0.25, -0.2) is 9.78 Å². The van der Waals surface area contributed by atoms with Gasteiger partial charge in [-0.15, -0.1) is 0 Å². The lowest BCUT2D eigenvalue weighted by atomic mass is 10.2. The van der Waals surface area contributed by atoms with Crippen LogP contribution in [0.25, 0.3) is 0 Å². The Balaban J connectivity index is 1.83. The van der Waals surface area contributed by atoms with E-state index in [9.17, 15) is 4.79 Å². The van der Waals surface area contributed by atoms with E-state index in [0.29, 0.717) is 30.8 Å². The molecule has 2 rings (SSSR count). The van der Waals surface area contributed by atoms with E-state index < -0.39 is 5.97 Å². The van der Waals surface area contributed by atoms with Crippen molar-refractivity contribution in [3.05, 3.63) is 17.8 Å². The van der Waals surface area contributed by atoms with Crippen molar-refractivity contribution in [3.8, 4) is 0 Å². The highest BCUT2D eigenvalue weighted by Crippen LogP contribution is 2.20. The van der Waals surface area contributed by atoms with Crippen LogP contribution >= 0.6 is 0 Å². The molecule has 1 aromatic rings. The first-order chi connectivity index (χ1) is 9.16. The predicted octanol–water partition coefficient (Wildman–Crippen LogP) is 1.73. The first-order valence-electron chi connectivity index (χ1n) is 6.51. The lowest BCUT2D eigenvalue weighted by molar-refractivity contribution is 0.0655. The number of nitrogens with zero attached hydrogens (tertiary/aromatic N) is 1.